The number of allylic oxidation sites excluding steroid dienone is 1. The van der Waals surface area contributed by atoms with Crippen molar-refractivity contribution in [2.45, 2.75) is 52.4 Å². The van der Waals surface area contributed by atoms with Crippen molar-refractivity contribution in [2.75, 3.05) is 0 Å². The molecule has 0 saturated carbocycles. The molecule has 0 aliphatic carbocycles. The largest absolute Gasteiger partial charge is 0.504 e. The van der Waals surface area contributed by atoms with Crippen molar-refractivity contribution < 1.29 is 29.7 Å². The Morgan fingerprint density at radius 3 is 1.66 bits per heavy atom. The Hall–Kier alpha value is -3.96. The average molecular weight is 638 g/mol. The van der Waals surface area contributed by atoms with Gasteiger partial charge in [-0.25, -0.2) is 0 Å². The molecule has 3 heterocycles. The summed E-state index contributed by atoms with van der Waals surface area (Å²) in [4.78, 5) is 16.5. The van der Waals surface area contributed by atoms with Crippen molar-refractivity contribution in [3.63, 3.8) is 0 Å². The Morgan fingerprint density at radius 1 is 0.756 bits per heavy atom. The van der Waals surface area contributed by atoms with Gasteiger partial charge in [-0.2, -0.15) is 0 Å². The summed E-state index contributed by atoms with van der Waals surface area (Å²) >= 11 is 0. The van der Waals surface area contributed by atoms with Gasteiger partial charge in [0.2, 0.25) is 0 Å². The minimum Gasteiger partial charge on any atom is -0.504 e. The van der Waals surface area contributed by atoms with Gasteiger partial charge < -0.3 is 10.2 Å². The molecule has 0 unspecified atom stereocenters. The first-order valence-corrected chi connectivity index (χ1v) is 13.0. The summed E-state index contributed by atoms with van der Waals surface area (Å²) in [5.74, 6) is -0.0298. The predicted molar refractivity (Wildman–Crippen MR) is 167 cm³/mol. The Balaban J connectivity index is 0.000000308. The summed E-state index contributed by atoms with van der Waals surface area (Å²) in [6.07, 6.45) is 8.45. The SMILES string of the molecule is C=CC=NC(=C)c1ccccn1.CC(C)(C)c1cc(O)c(O)c(C(C)(C)C)c1.[Ru].c1ccc(-c2ccccn2)nc1. The molecule has 0 bridgehead atoms. The molecule has 0 atom stereocenters. The zero-order valence-corrected chi connectivity index (χ0v) is 26.4. The van der Waals surface area contributed by atoms with E-state index in [-0.39, 0.29) is 41.8 Å². The fraction of sp³-hybridized carbons (Fsp3) is 0.235. The van der Waals surface area contributed by atoms with Crippen molar-refractivity contribution >= 4 is 11.9 Å². The van der Waals surface area contributed by atoms with Crippen molar-refractivity contribution in [3.8, 4) is 22.9 Å². The van der Waals surface area contributed by atoms with Crippen LogP contribution in [0.15, 0.2) is 110 Å². The second kappa shape index (κ2) is 16.3. The second-order valence-electron chi connectivity index (χ2n) is 11.0. The van der Waals surface area contributed by atoms with E-state index in [1.54, 1.807) is 36.9 Å². The van der Waals surface area contributed by atoms with E-state index in [4.69, 9.17) is 0 Å². The molecule has 3 aromatic heterocycles. The van der Waals surface area contributed by atoms with Crippen molar-refractivity contribution in [1.82, 2.24) is 15.0 Å². The maximum absolute atomic E-state index is 9.87. The zero-order chi connectivity index (χ0) is 29.8. The number of aromatic nitrogens is 3. The summed E-state index contributed by atoms with van der Waals surface area (Å²) in [6.45, 7) is 19.6. The van der Waals surface area contributed by atoms with E-state index in [0.29, 0.717) is 5.70 Å². The Kier molecular flexibility index (Phi) is 14.0. The molecule has 7 heteroatoms. The molecular weight excluding hydrogens is 597 g/mol. The minimum absolute atomic E-state index is 0. The maximum Gasteiger partial charge on any atom is 0.161 e. The summed E-state index contributed by atoms with van der Waals surface area (Å²) in [5.41, 5.74) is 4.88. The average Bonchev–Trinajstić information content (AvgIpc) is 2.94. The van der Waals surface area contributed by atoms with Crippen LogP contribution in [0.1, 0.15) is 58.4 Å². The molecule has 4 aromatic rings. The van der Waals surface area contributed by atoms with Crippen molar-refractivity contribution in [2.24, 2.45) is 4.99 Å². The number of pyridine rings is 3. The first kappa shape index (κ1) is 35.1. The van der Waals surface area contributed by atoms with Crippen LogP contribution >= 0.6 is 0 Å². The number of hydrogen-bond donors (Lipinski definition) is 2. The number of nitrogens with zero attached hydrogens (tertiary/aromatic N) is 4. The van der Waals surface area contributed by atoms with Gasteiger partial charge in [-0.15, -0.1) is 0 Å². The smallest absolute Gasteiger partial charge is 0.161 e. The zero-order valence-electron chi connectivity index (χ0n) is 24.7. The third-order valence-corrected chi connectivity index (χ3v) is 5.65. The molecule has 216 valence electrons. The molecular formula is C34H40N4O2Ru. The number of aromatic hydroxyl groups is 2. The fourth-order valence-corrected chi connectivity index (χ4v) is 3.39. The van der Waals surface area contributed by atoms with Crippen LogP contribution in [-0.4, -0.2) is 31.4 Å². The number of benzene rings is 1. The standard InChI is InChI=1S/C14H22O2.C10H8N2.C10H10N2.Ru/c1-13(2,3)9-7-10(14(4,5)6)12(16)11(15)8-9;1-3-7-11-9(5-1)10-6-2-4-8-12-10;1-3-7-11-9(2)10-6-4-5-8-12-10;/h7-8,15-16H,1-6H3;1-8H;3-8H,1-2H2;. The number of rotatable bonds is 4. The Bertz CT molecular complexity index is 1360. The van der Waals surface area contributed by atoms with E-state index in [9.17, 15) is 10.2 Å². The molecule has 0 aliphatic heterocycles. The van der Waals surface area contributed by atoms with Crippen LogP contribution in [0, 0.1) is 0 Å². The van der Waals surface area contributed by atoms with E-state index in [2.05, 4.69) is 53.9 Å². The van der Waals surface area contributed by atoms with Crippen molar-refractivity contribution in [1.29, 1.82) is 0 Å². The molecule has 2 N–H and O–H groups in total. The van der Waals surface area contributed by atoms with Crippen LogP contribution in [0.4, 0.5) is 0 Å². The van der Waals surface area contributed by atoms with E-state index in [0.717, 1.165) is 28.2 Å². The van der Waals surface area contributed by atoms with E-state index >= 15 is 0 Å². The van der Waals surface area contributed by atoms with Gasteiger partial charge in [-0.1, -0.05) is 85.0 Å². The van der Waals surface area contributed by atoms with Crippen LogP contribution in [-0.2, 0) is 30.3 Å². The molecule has 0 saturated heterocycles. The quantitative estimate of drug-likeness (QED) is 0.134. The molecule has 1 aromatic carbocycles. The fourth-order valence-electron chi connectivity index (χ4n) is 3.39. The van der Waals surface area contributed by atoms with Gasteiger partial charge >= 0.3 is 0 Å². The van der Waals surface area contributed by atoms with Crippen molar-refractivity contribution in [3.05, 3.63) is 121 Å². The molecule has 0 fully saturated rings. The number of aliphatic imine (C=N–C) groups is 1. The molecule has 0 amide bonds. The summed E-state index contributed by atoms with van der Waals surface area (Å²) in [6, 6.07) is 20.8. The van der Waals surface area contributed by atoms with Gasteiger partial charge in [-0.3, -0.25) is 19.9 Å². The summed E-state index contributed by atoms with van der Waals surface area (Å²) in [7, 11) is 0. The van der Waals surface area contributed by atoms with Gasteiger partial charge in [0.1, 0.15) is 0 Å². The minimum atomic E-state index is -0.178. The normalized spacial score (nSPS) is 10.8. The first-order valence-electron chi connectivity index (χ1n) is 13.0. The first-order chi connectivity index (χ1) is 18.8. The number of phenols is 2. The molecule has 41 heavy (non-hydrogen) atoms. The Labute approximate surface area is 257 Å². The molecule has 0 aliphatic rings. The molecule has 4 rings (SSSR count). The monoisotopic (exact) mass is 638 g/mol. The van der Waals surface area contributed by atoms with Gasteiger partial charge in [0.05, 0.1) is 22.8 Å². The van der Waals surface area contributed by atoms with Crippen LogP contribution in [0.3, 0.4) is 0 Å². The topological polar surface area (TPSA) is 91.5 Å². The Morgan fingerprint density at radius 2 is 1.27 bits per heavy atom. The third-order valence-electron chi connectivity index (χ3n) is 5.65. The molecule has 0 radical (unpaired) electrons. The molecule has 6 nitrogen and oxygen atoms in total. The van der Waals surface area contributed by atoms with Crippen LogP contribution in [0.5, 0.6) is 11.5 Å². The van der Waals surface area contributed by atoms with Gasteiger partial charge in [0.15, 0.2) is 11.5 Å². The predicted octanol–water partition coefficient (Wildman–Crippen LogP) is 8.14. The third kappa shape index (κ3) is 11.6. The van der Waals surface area contributed by atoms with E-state index in [1.165, 1.54) is 0 Å². The number of hydrogen-bond acceptors (Lipinski definition) is 6. The maximum atomic E-state index is 9.87. The van der Waals surface area contributed by atoms with Crippen LogP contribution < -0.4 is 0 Å². The van der Waals surface area contributed by atoms with E-state index in [1.807, 2.05) is 81.4 Å². The van der Waals surface area contributed by atoms with Gasteiger partial charge in [0.25, 0.3) is 0 Å². The second-order valence-corrected chi connectivity index (χ2v) is 11.0. The van der Waals surface area contributed by atoms with E-state index < -0.39 is 0 Å². The number of phenolic OH excluding ortho intramolecular Hbond substituents is 2. The van der Waals surface area contributed by atoms with Crippen LogP contribution in [0.25, 0.3) is 17.1 Å². The van der Waals surface area contributed by atoms with Crippen LogP contribution in [0.2, 0.25) is 0 Å². The van der Waals surface area contributed by atoms with Gasteiger partial charge in [-0.05, 0) is 58.9 Å². The summed E-state index contributed by atoms with van der Waals surface area (Å²) < 4.78 is 0. The summed E-state index contributed by atoms with van der Waals surface area (Å²) in [5, 5.41) is 19.6. The molecule has 0 spiro atoms. The van der Waals surface area contributed by atoms with Gasteiger partial charge in [0, 0.05) is 49.8 Å².